The maximum atomic E-state index is 12.9. The summed E-state index contributed by atoms with van der Waals surface area (Å²) in [6, 6.07) is 9.21. The van der Waals surface area contributed by atoms with Gasteiger partial charge in [-0.1, -0.05) is 28.1 Å². The topological polar surface area (TPSA) is 90.7 Å². The van der Waals surface area contributed by atoms with Crippen LogP contribution in [0.15, 0.2) is 39.6 Å². The van der Waals surface area contributed by atoms with Crippen LogP contribution in [0.5, 0.6) is 0 Å². The molecule has 0 aliphatic rings. The lowest BCUT2D eigenvalue weighted by Crippen LogP contribution is -2.46. The molecule has 0 saturated heterocycles. The molecule has 1 heterocycles. The van der Waals surface area contributed by atoms with Crippen molar-refractivity contribution in [1.29, 1.82) is 0 Å². The molecule has 9 heteroatoms. The number of rotatable bonds is 4. The summed E-state index contributed by atoms with van der Waals surface area (Å²) in [7, 11) is 1.44. The van der Waals surface area contributed by atoms with Crippen molar-refractivity contribution >= 4 is 34.1 Å². The number of hydrogen-bond acceptors (Lipinski definition) is 6. The number of anilines is 1. The molecule has 0 saturated carbocycles. The molecule has 0 aliphatic heterocycles. The first-order chi connectivity index (χ1) is 14.7. The predicted molar refractivity (Wildman–Crippen MR) is 126 cm³/mol. The van der Waals surface area contributed by atoms with Gasteiger partial charge in [-0.05, 0) is 72.1 Å². The third kappa shape index (κ3) is 7.47. The van der Waals surface area contributed by atoms with Crippen LogP contribution in [0, 0.1) is 0 Å². The van der Waals surface area contributed by atoms with Crippen LogP contribution < -0.4 is 10.5 Å². The van der Waals surface area contributed by atoms with E-state index in [0.717, 1.165) is 14.6 Å². The van der Waals surface area contributed by atoms with Crippen LogP contribution in [0.25, 0.3) is 0 Å². The molecule has 32 heavy (non-hydrogen) atoms. The van der Waals surface area contributed by atoms with Crippen molar-refractivity contribution in [1.82, 2.24) is 9.55 Å². The molecule has 0 radical (unpaired) electrons. The normalized spacial score (nSPS) is 11.8. The highest BCUT2D eigenvalue weighted by Gasteiger charge is 2.35. The number of hydrogen-bond donors (Lipinski definition) is 0. The zero-order valence-corrected chi connectivity index (χ0v) is 21.1. The highest BCUT2D eigenvalue weighted by molar-refractivity contribution is 9.10. The first-order valence-electron chi connectivity index (χ1n) is 10.2. The number of carbonyl (C=O) groups is 2. The van der Waals surface area contributed by atoms with Gasteiger partial charge in [0.25, 0.3) is 5.56 Å². The minimum absolute atomic E-state index is 0.160. The van der Waals surface area contributed by atoms with E-state index >= 15 is 0 Å². The molecule has 0 aliphatic carbocycles. The first kappa shape index (κ1) is 25.6. The van der Waals surface area contributed by atoms with E-state index in [1.54, 1.807) is 41.5 Å². The summed E-state index contributed by atoms with van der Waals surface area (Å²) in [5.74, 6) is -0.160. The Kier molecular flexibility index (Phi) is 7.88. The SMILES string of the molecule is Cn1c(N(C(=O)OC(C)(C)C)C(=O)OC(C)(C)C)nc(CCc2ccc(Br)cc2)cc1=O. The Bertz CT molecular complexity index is 1010. The van der Waals surface area contributed by atoms with Gasteiger partial charge >= 0.3 is 12.2 Å². The maximum absolute atomic E-state index is 12.9. The standard InChI is InChI=1S/C23H30BrN3O5/c1-22(2,3)31-20(29)27(21(30)32-23(4,5)6)19-25-17(14-18(28)26(19)7)13-10-15-8-11-16(24)12-9-15/h8-9,11-12,14H,10,13H2,1-7H3. The van der Waals surface area contributed by atoms with Gasteiger partial charge < -0.3 is 9.47 Å². The van der Waals surface area contributed by atoms with Crippen LogP contribution in [-0.2, 0) is 29.4 Å². The molecule has 8 nitrogen and oxygen atoms in total. The van der Waals surface area contributed by atoms with Gasteiger partial charge in [-0.3, -0.25) is 9.36 Å². The van der Waals surface area contributed by atoms with E-state index in [0.29, 0.717) is 23.4 Å². The summed E-state index contributed by atoms with van der Waals surface area (Å²) in [5.41, 5.74) is -0.625. The second kappa shape index (κ2) is 9.85. The van der Waals surface area contributed by atoms with E-state index in [9.17, 15) is 14.4 Å². The fourth-order valence-electron chi connectivity index (χ4n) is 2.68. The maximum Gasteiger partial charge on any atom is 0.427 e. The summed E-state index contributed by atoms with van der Waals surface area (Å²) in [6.45, 7) is 10.1. The number of ether oxygens (including phenoxy) is 2. The van der Waals surface area contributed by atoms with E-state index in [-0.39, 0.29) is 5.95 Å². The van der Waals surface area contributed by atoms with Crippen molar-refractivity contribution < 1.29 is 19.1 Å². The van der Waals surface area contributed by atoms with Gasteiger partial charge in [0.05, 0.1) is 5.69 Å². The Labute approximate surface area is 196 Å². The zero-order valence-electron chi connectivity index (χ0n) is 19.6. The highest BCUT2D eigenvalue weighted by atomic mass is 79.9. The number of imide groups is 1. The van der Waals surface area contributed by atoms with Gasteiger partial charge in [0, 0.05) is 17.6 Å². The number of nitrogens with zero attached hydrogens (tertiary/aromatic N) is 3. The number of benzene rings is 1. The number of amides is 2. The predicted octanol–water partition coefficient (Wildman–Crippen LogP) is 5.00. The fraction of sp³-hybridized carbons (Fsp3) is 0.478. The average molecular weight is 508 g/mol. The lowest BCUT2D eigenvalue weighted by atomic mass is 10.1. The Hall–Kier alpha value is -2.68. The van der Waals surface area contributed by atoms with Crippen LogP contribution in [0.3, 0.4) is 0 Å². The van der Waals surface area contributed by atoms with Crippen LogP contribution in [0.2, 0.25) is 0 Å². The second-order valence-corrected chi connectivity index (χ2v) is 10.3. The van der Waals surface area contributed by atoms with Gasteiger partial charge in [0.1, 0.15) is 11.2 Å². The third-order valence-corrected chi connectivity index (χ3v) is 4.63. The van der Waals surface area contributed by atoms with Crippen molar-refractivity contribution in [3.8, 4) is 0 Å². The number of carbonyl (C=O) groups excluding carboxylic acids is 2. The minimum Gasteiger partial charge on any atom is -0.443 e. The Morgan fingerprint density at radius 2 is 1.47 bits per heavy atom. The van der Waals surface area contributed by atoms with Gasteiger partial charge in [-0.25, -0.2) is 14.6 Å². The zero-order chi connectivity index (χ0) is 24.3. The van der Waals surface area contributed by atoms with Gasteiger partial charge in [-0.15, -0.1) is 4.90 Å². The summed E-state index contributed by atoms with van der Waals surface area (Å²) in [4.78, 5) is 43.6. The molecule has 1 aromatic heterocycles. The monoisotopic (exact) mass is 507 g/mol. The molecular formula is C23H30BrN3O5. The van der Waals surface area contributed by atoms with Gasteiger partial charge in [-0.2, -0.15) is 0 Å². The van der Waals surface area contributed by atoms with Crippen molar-refractivity contribution in [3.63, 3.8) is 0 Å². The number of halogens is 1. The molecule has 2 aromatic rings. The lowest BCUT2D eigenvalue weighted by molar-refractivity contribution is 0.0425. The number of aryl methyl sites for hydroxylation is 2. The molecular weight excluding hydrogens is 478 g/mol. The quantitative estimate of drug-likeness (QED) is 0.577. The molecule has 2 rings (SSSR count). The minimum atomic E-state index is -0.973. The van der Waals surface area contributed by atoms with Crippen molar-refractivity contribution in [3.05, 3.63) is 56.4 Å². The van der Waals surface area contributed by atoms with E-state index in [1.165, 1.54) is 13.1 Å². The van der Waals surface area contributed by atoms with E-state index in [4.69, 9.17) is 9.47 Å². The molecule has 174 valence electrons. The molecule has 0 bridgehead atoms. The molecule has 0 spiro atoms. The Balaban J connectivity index is 2.44. The Morgan fingerprint density at radius 3 is 1.94 bits per heavy atom. The Morgan fingerprint density at radius 1 is 0.969 bits per heavy atom. The van der Waals surface area contributed by atoms with Crippen LogP contribution >= 0.6 is 15.9 Å². The van der Waals surface area contributed by atoms with Crippen molar-refractivity contribution in [2.75, 3.05) is 4.90 Å². The largest absolute Gasteiger partial charge is 0.443 e. The summed E-state index contributed by atoms with van der Waals surface area (Å²) in [5, 5.41) is 0. The summed E-state index contributed by atoms with van der Waals surface area (Å²) >= 11 is 3.40. The van der Waals surface area contributed by atoms with Crippen molar-refractivity contribution in [2.45, 2.75) is 65.6 Å². The third-order valence-electron chi connectivity index (χ3n) is 4.10. The van der Waals surface area contributed by atoms with Gasteiger partial charge in [0.2, 0.25) is 5.95 Å². The summed E-state index contributed by atoms with van der Waals surface area (Å²) in [6.07, 6.45) is -0.869. The number of aromatic nitrogens is 2. The van der Waals surface area contributed by atoms with E-state index in [1.807, 2.05) is 24.3 Å². The molecule has 2 amide bonds. The first-order valence-corrected chi connectivity index (χ1v) is 11.0. The van der Waals surface area contributed by atoms with Crippen molar-refractivity contribution in [2.24, 2.45) is 7.05 Å². The molecule has 0 N–H and O–H groups in total. The van der Waals surface area contributed by atoms with Gasteiger partial charge in [0.15, 0.2) is 0 Å². The molecule has 1 aromatic carbocycles. The van der Waals surface area contributed by atoms with Crippen LogP contribution in [0.1, 0.15) is 52.8 Å². The van der Waals surface area contributed by atoms with E-state index < -0.39 is 28.9 Å². The molecule has 0 unspecified atom stereocenters. The smallest absolute Gasteiger partial charge is 0.427 e. The highest BCUT2D eigenvalue weighted by Crippen LogP contribution is 2.20. The molecule has 0 atom stereocenters. The molecule has 0 fully saturated rings. The average Bonchev–Trinajstić information content (AvgIpc) is 2.62. The second-order valence-electron chi connectivity index (χ2n) is 9.37. The summed E-state index contributed by atoms with van der Waals surface area (Å²) < 4.78 is 12.9. The van der Waals surface area contributed by atoms with E-state index in [2.05, 4.69) is 20.9 Å². The lowest BCUT2D eigenvalue weighted by Gasteiger charge is -2.28. The van der Waals surface area contributed by atoms with Crippen LogP contribution in [-0.4, -0.2) is 32.9 Å². The fourth-order valence-corrected chi connectivity index (χ4v) is 2.94. The van der Waals surface area contributed by atoms with Crippen LogP contribution in [0.4, 0.5) is 15.5 Å².